The van der Waals surface area contributed by atoms with Crippen LogP contribution in [0, 0.1) is 18.3 Å². The van der Waals surface area contributed by atoms with Gasteiger partial charge in [-0.1, -0.05) is 29.3 Å². The standard InChI is InChI=1S/C16H14Cl2N2O/c1-10-7-16(21-2)13(9-19)15(20-10)6-4-11-3-5-12(17)8-14(11)18/h3,5,7-8H,4,6H2,1-2H3. The lowest BCUT2D eigenvalue weighted by Crippen LogP contribution is -2.03. The minimum atomic E-state index is 0.480. The molecule has 1 aromatic heterocycles. The summed E-state index contributed by atoms with van der Waals surface area (Å²) in [6.45, 7) is 1.88. The fourth-order valence-corrected chi connectivity index (χ4v) is 2.65. The van der Waals surface area contributed by atoms with Crippen molar-refractivity contribution < 1.29 is 4.74 Å². The van der Waals surface area contributed by atoms with Crippen molar-refractivity contribution in [3.05, 3.63) is 56.8 Å². The van der Waals surface area contributed by atoms with E-state index >= 15 is 0 Å². The molecule has 0 radical (unpaired) electrons. The van der Waals surface area contributed by atoms with E-state index in [1.54, 1.807) is 25.3 Å². The highest BCUT2D eigenvalue weighted by Crippen LogP contribution is 2.25. The second-order valence-electron chi connectivity index (χ2n) is 4.64. The molecule has 0 aliphatic rings. The van der Waals surface area contributed by atoms with E-state index in [1.807, 2.05) is 13.0 Å². The molecular formula is C16H14Cl2N2O. The first-order valence-electron chi connectivity index (χ1n) is 6.43. The zero-order chi connectivity index (χ0) is 15.4. The maximum absolute atomic E-state index is 9.30. The Labute approximate surface area is 134 Å². The molecule has 0 unspecified atom stereocenters. The maximum Gasteiger partial charge on any atom is 0.140 e. The molecule has 2 aromatic rings. The van der Waals surface area contributed by atoms with Crippen LogP contribution in [0.5, 0.6) is 5.75 Å². The van der Waals surface area contributed by atoms with Gasteiger partial charge in [-0.25, -0.2) is 0 Å². The molecule has 0 bridgehead atoms. The van der Waals surface area contributed by atoms with E-state index in [0.29, 0.717) is 34.2 Å². The molecule has 0 fully saturated rings. The molecule has 0 aliphatic carbocycles. The van der Waals surface area contributed by atoms with Crippen LogP contribution in [-0.4, -0.2) is 12.1 Å². The molecule has 0 saturated carbocycles. The highest BCUT2D eigenvalue weighted by atomic mass is 35.5. The molecule has 0 spiro atoms. The van der Waals surface area contributed by atoms with Crippen LogP contribution in [-0.2, 0) is 12.8 Å². The Morgan fingerprint density at radius 1 is 1.24 bits per heavy atom. The molecular weight excluding hydrogens is 307 g/mol. The Morgan fingerprint density at radius 3 is 2.62 bits per heavy atom. The SMILES string of the molecule is COc1cc(C)nc(CCc2ccc(Cl)cc2Cl)c1C#N. The van der Waals surface area contributed by atoms with Gasteiger partial charge in [-0.3, -0.25) is 4.98 Å². The minimum Gasteiger partial charge on any atom is -0.495 e. The first-order chi connectivity index (χ1) is 10.0. The molecule has 0 N–H and O–H groups in total. The molecule has 0 aliphatic heterocycles. The average Bonchev–Trinajstić information content (AvgIpc) is 2.45. The van der Waals surface area contributed by atoms with Gasteiger partial charge in [0.2, 0.25) is 0 Å². The Balaban J connectivity index is 2.28. The Bertz CT molecular complexity index is 708. The van der Waals surface area contributed by atoms with Crippen LogP contribution in [0.2, 0.25) is 10.0 Å². The molecule has 0 saturated heterocycles. The van der Waals surface area contributed by atoms with Gasteiger partial charge in [-0.2, -0.15) is 5.26 Å². The second kappa shape index (κ2) is 6.80. The summed E-state index contributed by atoms with van der Waals surface area (Å²) in [6, 6.07) is 9.33. The summed E-state index contributed by atoms with van der Waals surface area (Å²) in [7, 11) is 1.55. The number of methoxy groups -OCH3 is 1. The molecule has 2 rings (SSSR count). The largest absolute Gasteiger partial charge is 0.495 e. The Morgan fingerprint density at radius 2 is 2.00 bits per heavy atom. The number of aromatic nitrogens is 1. The summed E-state index contributed by atoms with van der Waals surface area (Å²) >= 11 is 12.1. The van der Waals surface area contributed by atoms with E-state index in [9.17, 15) is 5.26 Å². The van der Waals surface area contributed by atoms with Crippen molar-refractivity contribution in [2.75, 3.05) is 7.11 Å². The number of pyridine rings is 1. The molecule has 1 heterocycles. The van der Waals surface area contributed by atoms with E-state index in [0.717, 1.165) is 17.0 Å². The number of hydrogen-bond acceptors (Lipinski definition) is 3. The fraction of sp³-hybridized carbons (Fsp3) is 0.250. The van der Waals surface area contributed by atoms with Gasteiger partial charge in [-0.15, -0.1) is 0 Å². The van der Waals surface area contributed by atoms with Crippen molar-refractivity contribution in [2.45, 2.75) is 19.8 Å². The number of nitriles is 1. The van der Waals surface area contributed by atoms with Crippen LogP contribution >= 0.6 is 23.2 Å². The molecule has 1 aromatic carbocycles. The van der Waals surface area contributed by atoms with Crippen molar-refractivity contribution >= 4 is 23.2 Å². The number of rotatable bonds is 4. The zero-order valence-electron chi connectivity index (χ0n) is 11.8. The lowest BCUT2D eigenvalue weighted by molar-refractivity contribution is 0.411. The molecule has 0 amide bonds. The third-order valence-corrected chi connectivity index (χ3v) is 3.75. The number of halogens is 2. The van der Waals surface area contributed by atoms with Gasteiger partial charge < -0.3 is 4.74 Å². The van der Waals surface area contributed by atoms with Crippen LogP contribution in [0.1, 0.15) is 22.5 Å². The summed E-state index contributed by atoms with van der Waals surface area (Å²) in [6.07, 6.45) is 1.30. The van der Waals surface area contributed by atoms with Crippen LogP contribution < -0.4 is 4.74 Å². The normalized spacial score (nSPS) is 10.2. The molecule has 108 valence electrons. The van der Waals surface area contributed by atoms with Crippen molar-refractivity contribution in [1.29, 1.82) is 5.26 Å². The average molecular weight is 321 g/mol. The predicted octanol–water partition coefficient (Wildman–Crippen LogP) is 4.36. The fourth-order valence-electron chi connectivity index (χ4n) is 2.14. The third kappa shape index (κ3) is 3.66. The van der Waals surface area contributed by atoms with Gasteiger partial charge in [0.05, 0.1) is 12.8 Å². The summed E-state index contributed by atoms with van der Waals surface area (Å²) in [5, 5.41) is 10.5. The van der Waals surface area contributed by atoms with Gasteiger partial charge in [0.25, 0.3) is 0 Å². The monoisotopic (exact) mass is 320 g/mol. The highest BCUT2D eigenvalue weighted by Gasteiger charge is 2.12. The maximum atomic E-state index is 9.30. The molecule has 3 nitrogen and oxygen atoms in total. The summed E-state index contributed by atoms with van der Waals surface area (Å²) in [4.78, 5) is 4.44. The predicted molar refractivity (Wildman–Crippen MR) is 84.1 cm³/mol. The number of aryl methyl sites for hydroxylation is 3. The lowest BCUT2D eigenvalue weighted by Gasteiger charge is -2.10. The summed E-state index contributed by atoms with van der Waals surface area (Å²) < 4.78 is 5.24. The first-order valence-corrected chi connectivity index (χ1v) is 7.19. The lowest BCUT2D eigenvalue weighted by atomic mass is 10.0. The van der Waals surface area contributed by atoms with Gasteiger partial charge in [-0.05, 0) is 37.5 Å². The Kier molecular flexibility index (Phi) is 5.06. The second-order valence-corrected chi connectivity index (χ2v) is 5.48. The van der Waals surface area contributed by atoms with Gasteiger partial charge >= 0.3 is 0 Å². The van der Waals surface area contributed by atoms with E-state index < -0.39 is 0 Å². The van der Waals surface area contributed by atoms with E-state index in [-0.39, 0.29) is 0 Å². The number of ether oxygens (including phenoxy) is 1. The molecule has 21 heavy (non-hydrogen) atoms. The Hall–Kier alpha value is -1.76. The minimum absolute atomic E-state index is 0.480. The van der Waals surface area contributed by atoms with Crippen molar-refractivity contribution in [3.8, 4) is 11.8 Å². The first kappa shape index (κ1) is 15.6. The number of benzene rings is 1. The van der Waals surface area contributed by atoms with Crippen molar-refractivity contribution in [1.82, 2.24) is 4.98 Å². The zero-order valence-corrected chi connectivity index (χ0v) is 13.3. The molecule has 0 atom stereocenters. The summed E-state index contributed by atoms with van der Waals surface area (Å²) in [5.41, 5.74) is 3.00. The van der Waals surface area contributed by atoms with E-state index in [1.165, 1.54) is 0 Å². The van der Waals surface area contributed by atoms with Gasteiger partial charge in [0.1, 0.15) is 17.4 Å². The smallest absolute Gasteiger partial charge is 0.140 e. The van der Waals surface area contributed by atoms with E-state index in [4.69, 9.17) is 27.9 Å². The van der Waals surface area contributed by atoms with Crippen LogP contribution in [0.4, 0.5) is 0 Å². The van der Waals surface area contributed by atoms with Gasteiger partial charge in [0, 0.05) is 21.8 Å². The van der Waals surface area contributed by atoms with Crippen molar-refractivity contribution in [3.63, 3.8) is 0 Å². The number of hydrogen-bond donors (Lipinski definition) is 0. The van der Waals surface area contributed by atoms with Crippen LogP contribution in [0.25, 0.3) is 0 Å². The van der Waals surface area contributed by atoms with Gasteiger partial charge in [0.15, 0.2) is 0 Å². The van der Waals surface area contributed by atoms with Crippen LogP contribution in [0.15, 0.2) is 24.3 Å². The van der Waals surface area contributed by atoms with Crippen molar-refractivity contribution in [2.24, 2.45) is 0 Å². The van der Waals surface area contributed by atoms with E-state index in [2.05, 4.69) is 11.1 Å². The summed E-state index contributed by atoms with van der Waals surface area (Å²) in [5.74, 6) is 0.558. The van der Waals surface area contributed by atoms with Crippen LogP contribution in [0.3, 0.4) is 0 Å². The molecule has 5 heteroatoms. The highest BCUT2D eigenvalue weighted by molar-refractivity contribution is 6.35. The topological polar surface area (TPSA) is 45.9 Å². The third-order valence-electron chi connectivity index (χ3n) is 3.16. The number of nitrogens with zero attached hydrogens (tertiary/aromatic N) is 2. The quantitative estimate of drug-likeness (QED) is 0.840.